The van der Waals surface area contributed by atoms with Crippen LogP contribution in [-0.2, 0) is 10.3 Å². The molecule has 1 heterocycles. The molecule has 1 N–H and O–H groups in total. The van der Waals surface area contributed by atoms with E-state index >= 15 is 0 Å². The van der Waals surface area contributed by atoms with Crippen molar-refractivity contribution in [1.29, 1.82) is 0 Å². The van der Waals surface area contributed by atoms with Crippen molar-refractivity contribution in [2.45, 2.75) is 50.9 Å². The Morgan fingerprint density at radius 1 is 1.25 bits per heavy atom. The molecule has 3 rings (SSSR count). The molecule has 1 amide bonds. The summed E-state index contributed by atoms with van der Waals surface area (Å²) in [5.74, 6) is -0.436. The summed E-state index contributed by atoms with van der Waals surface area (Å²) in [6, 6.07) is 13.9. The molecule has 2 atom stereocenters. The molecule has 2 aromatic rings. The maximum atomic E-state index is 14.6. The SMILES string of the molecule is CC(c1ccc(Br)cc1)N1CCC(CC(C)(C)O)(c2ccccc2F)OC1=O. The summed E-state index contributed by atoms with van der Waals surface area (Å²) in [4.78, 5) is 14.6. The van der Waals surface area contributed by atoms with Gasteiger partial charge in [0.15, 0.2) is 0 Å². The van der Waals surface area contributed by atoms with E-state index in [0.717, 1.165) is 10.0 Å². The molecule has 0 radical (unpaired) electrons. The van der Waals surface area contributed by atoms with Crippen LogP contribution in [-0.4, -0.2) is 28.2 Å². The van der Waals surface area contributed by atoms with Crippen LogP contribution in [0.3, 0.4) is 0 Å². The molecule has 0 spiro atoms. The molecule has 0 aliphatic carbocycles. The first-order valence-electron chi connectivity index (χ1n) is 9.34. The Morgan fingerprint density at radius 3 is 2.46 bits per heavy atom. The topological polar surface area (TPSA) is 49.8 Å². The smallest absolute Gasteiger partial charge is 0.411 e. The van der Waals surface area contributed by atoms with E-state index in [-0.39, 0.29) is 12.5 Å². The third kappa shape index (κ3) is 4.39. The van der Waals surface area contributed by atoms with Gasteiger partial charge in [0, 0.05) is 29.4 Å². The number of amides is 1. The Kier molecular flexibility index (Phi) is 5.82. The average Bonchev–Trinajstić information content (AvgIpc) is 2.61. The second kappa shape index (κ2) is 7.84. The Labute approximate surface area is 173 Å². The van der Waals surface area contributed by atoms with Gasteiger partial charge in [-0.2, -0.15) is 0 Å². The summed E-state index contributed by atoms with van der Waals surface area (Å²) in [5, 5.41) is 10.4. The number of hydrogen-bond acceptors (Lipinski definition) is 3. The molecule has 0 saturated carbocycles. The van der Waals surface area contributed by atoms with Crippen molar-refractivity contribution in [2.24, 2.45) is 0 Å². The fourth-order valence-electron chi connectivity index (χ4n) is 3.88. The van der Waals surface area contributed by atoms with E-state index in [1.807, 2.05) is 31.2 Å². The summed E-state index contributed by atoms with van der Waals surface area (Å²) < 4.78 is 21.4. The van der Waals surface area contributed by atoms with Gasteiger partial charge in [0.05, 0.1) is 11.6 Å². The van der Waals surface area contributed by atoms with Crippen molar-refractivity contribution < 1.29 is 19.0 Å². The van der Waals surface area contributed by atoms with Crippen LogP contribution in [0.15, 0.2) is 53.0 Å². The van der Waals surface area contributed by atoms with E-state index in [4.69, 9.17) is 4.74 Å². The summed E-state index contributed by atoms with van der Waals surface area (Å²) >= 11 is 3.41. The number of carbonyl (C=O) groups excluding carboxylic acids is 1. The van der Waals surface area contributed by atoms with E-state index in [2.05, 4.69) is 15.9 Å². The van der Waals surface area contributed by atoms with Gasteiger partial charge in [-0.15, -0.1) is 0 Å². The number of nitrogens with zero attached hydrogens (tertiary/aromatic N) is 1. The lowest BCUT2D eigenvalue weighted by molar-refractivity contribution is -0.102. The molecular formula is C22H25BrFNO3. The summed E-state index contributed by atoms with van der Waals surface area (Å²) in [5.41, 5.74) is -1.03. The van der Waals surface area contributed by atoms with E-state index in [1.165, 1.54) is 6.07 Å². The molecule has 1 saturated heterocycles. The van der Waals surface area contributed by atoms with Crippen molar-refractivity contribution in [3.05, 3.63) is 69.9 Å². The normalized spacial score (nSPS) is 21.4. The van der Waals surface area contributed by atoms with Crippen LogP contribution in [0.25, 0.3) is 0 Å². The molecule has 150 valence electrons. The predicted octanol–water partition coefficient (Wildman–Crippen LogP) is 5.55. The zero-order valence-electron chi connectivity index (χ0n) is 16.3. The van der Waals surface area contributed by atoms with Crippen LogP contribution in [0.5, 0.6) is 0 Å². The van der Waals surface area contributed by atoms with Gasteiger partial charge < -0.3 is 14.7 Å². The van der Waals surface area contributed by atoms with Crippen molar-refractivity contribution in [3.8, 4) is 0 Å². The molecule has 1 fully saturated rings. The lowest BCUT2D eigenvalue weighted by Gasteiger charge is -2.45. The summed E-state index contributed by atoms with van der Waals surface area (Å²) in [6.45, 7) is 5.62. The molecule has 0 aromatic heterocycles. The van der Waals surface area contributed by atoms with Gasteiger partial charge in [-0.3, -0.25) is 0 Å². The zero-order chi connectivity index (χ0) is 20.5. The zero-order valence-corrected chi connectivity index (χ0v) is 17.9. The van der Waals surface area contributed by atoms with Gasteiger partial charge in [-0.25, -0.2) is 9.18 Å². The molecule has 2 aromatic carbocycles. The van der Waals surface area contributed by atoms with E-state index in [0.29, 0.717) is 18.5 Å². The van der Waals surface area contributed by atoms with Gasteiger partial charge in [0.25, 0.3) is 0 Å². The number of aliphatic hydroxyl groups is 1. The van der Waals surface area contributed by atoms with Crippen molar-refractivity contribution >= 4 is 22.0 Å². The minimum atomic E-state index is -1.20. The fourth-order valence-corrected chi connectivity index (χ4v) is 4.15. The third-order valence-electron chi connectivity index (χ3n) is 5.18. The van der Waals surface area contributed by atoms with Crippen LogP contribution >= 0.6 is 15.9 Å². The molecule has 4 nitrogen and oxygen atoms in total. The molecule has 2 unspecified atom stereocenters. The maximum Gasteiger partial charge on any atom is 0.411 e. The minimum Gasteiger partial charge on any atom is -0.438 e. The van der Waals surface area contributed by atoms with Crippen LogP contribution < -0.4 is 0 Å². The summed E-state index contributed by atoms with van der Waals surface area (Å²) in [7, 11) is 0. The predicted molar refractivity (Wildman–Crippen MR) is 109 cm³/mol. The second-order valence-electron chi connectivity index (χ2n) is 8.00. The minimum absolute atomic E-state index is 0.118. The van der Waals surface area contributed by atoms with Crippen LogP contribution in [0.4, 0.5) is 9.18 Å². The lowest BCUT2D eigenvalue weighted by atomic mass is 9.79. The molecule has 1 aliphatic rings. The van der Waals surface area contributed by atoms with Crippen molar-refractivity contribution in [2.75, 3.05) is 6.54 Å². The first-order valence-corrected chi connectivity index (χ1v) is 10.1. The molecular weight excluding hydrogens is 425 g/mol. The number of benzene rings is 2. The highest BCUT2D eigenvalue weighted by molar-refractivity contribution is 9.10. The number of cyclic esters (lactones) is 1. The molecule has 1 aliphatic heterocycles. The van der Waals surface area contributed by atoms with Gasteiger partial charge in [0.1, 0.15) is 11.4 Å². The van der Waals surface area contributed by atoms with Crippen molar-refractivity contribution in [3.63, 3.8) is 0 Å². The van der Waals surface area contributed by atoms with Gasteiger partial charge in [-0.1, -0.05) is 46.3 Å². The first kappa shape index (κ1) is 20.8. The first-order chi connectivity index (χ1) is 13.1. The second-order valence-corrected chi connectivity index (χ2v) is 8.92. The number of hydrogen-bond donors (Lipinski definition) is 1. The maximum absolute atomic E-state index is 14.6. The molecule has 28 heavy (non-hydrogen) atoms. The fraction of sp³-hybridized carbons (Fsp3) is 0.409. The number of carbonyl (C=O) groups is 1. The van der Waals surface area contributed by atoms with E-state index in [1.54, 1.807) is 36.9 Å². The van der Waals surface area contributed by atoms with Crippen LogP contribution in [0.2, 0.25) is 0 Å². The highest BCUT2D eigenvalue weighted by Gasteiger charge is 2.47. The average molecular weight is 450 g/mol. The highest BCUT2D eigenvalue weighted by atomic mass is 79.9. The lowest BCUT2D eigenvalue weighted by Crippen LogP contribution is -2.51. The Hall–Kier alpha value is -1.92. The molecule has 6 heteroatoms. The third-order valence-corrected chi connectivity index (χ3v) is 5.71. The van der Waals surface area contributed by atoms with Crippen LogP contribution in [0.1, 0.15) is 50.8 Å². The summed E-state index contributed by atoms with van der Waals surface area (Å²) in [6.07, 6.45) is 0.00622. The van der Waals surface area contributed by atoms with Gasteiger partial charge >= 0.3 is 6.09 Å². The monoisotopic (exact) mass is 449 g/mol. The van der Waals surface area contributed by atoms with Gasteiger partial charge in [0.2, 0.25) is 0 Å². The van der Waals surface area contributed by atoms with E-state index in [9.17, 15) is 14.3 Å². The number of ether oxygens (including phenoxy) is 1. The standard InChI is InChI=1S/C22H25BrFNO3/c1-15(16-8-10-17(23)11-9-16)25-13-12-22(28-20(25)26,14-21(2,3)27)18-6-4-5-7-19(18)24/h4-11,15,27H,12-14H2,1-3H3. The number of rotatable bonds is 5. The van der Waals surface area contributed by atoms with Crippen LogP contribution in [0, 0.1) is 5.82 Å². The Morgan fingerprint density at radius 2 is 1.89 bits per heavy atom. The Bertz CT molecular complexity index is 850. The van der Waals surface area contributed by atoms with Crippen molar-refractivity contribution in [1.82, 2.24) is 4.90 Å². The largest absolute Gasteiger partial charge is 0.438 e. The highest BCUT2D eigenvalue weighted by Crippen LogP contribution is 2.43. The quantitative estimate of drug-likeness (QED) is 0.650. The Balaban J connectivity index is 1.90. The van der Waals surface area contributed by atoms with Gasteiger partial charge in [-0.05, 0) is 44.5 Å². The number of halogens is 2. The van der Waals surface area contributed by atoms with E-state index < -0.39 is 23.1 Å². The molecule has 0 bridgehead atoms.